The van der Waals surface area contributed by atoms with Crippen LogP contribution in [-0.4, -0.2) is 0 Å². The maximum Gasteiger partial charge on any atom is 0.210 e. The quantitative estimate of drug-likeness (QED) is 0.592. The van der Waals surface area contributed by atoms with E-state index in [1.807, 2.05) is 18.2 Å². The molecular weight excluding hydrogens is 374 g/mol. The Balaban J connectivity index is 0.00000161. The van der Waals surface area contributed by atoms with E-state index in [4.69, 9.17) is 11.2 Å². The first-order valence-electron chi connectivity index (χ1n) is 6.57. The molecule has 0 aromatic heterocycles. The molecule has 0 fully saturated rings. The van der Waals surface area contributed by atoms with E-state index in [9.17, 15) is 0 Å². The van der Waals surface area contributed by atoms with Gasteiger partial charge in [0, 0.05) is 26.2 Å². The van der Waals surface area contributed by atoms with Crippen LogP contribution in [0.2, 0.25) is 0 Å². The molecule has 0 aliphatic rings. The minimum absolute atomic E-state index is 0. The van der Waals surface area contributed by atoms with Crippen molar-refractivity contribution in [1.82, 2.24) is 0 Å². The molecule has 0 aliphatic heterocycles. The van der Waals surface area contributed by atoms with E-state index in [0.29, 0.717) is 0 Å². The molecule has 3 aromatic rings. The Kier molecular flexibility index (Phi) is 5.94. The summed E-state index contributed by atoms with van der Waals surface area (Å²) in [5.74, 6) is 0. The SMILES string of the molecule is Cl[P+](c1ccccc1)(c1ccccc1)c1ccccc1.[Zr]. The molecule has 0 heterocycles. The van der Waals surface area contributed by atoms with Crippen LogP contribution in [0.1, 0.15) is 0 Å². The van der Waals surface area contributed by atoms with E-state index in [-0.39, 0.29) is 26.2 Å². The van der Waals surface area contributed by atoms with Crippen molar-refractivity contribution >= 4 is 33.8 Å². The van der Waals surface area contributed by atoms with Crippen LogP contribution >= 0.6 is 17.9 Å². The maximum absolute atomic E-state index is 7.23. The van der Waals surface area contributed by atoms with Crippen molar-refractivity contribution in [3.05, 3.63) is 91.0 Å². The summed E-state index contributed by atoms with van der Waals surface area (Å²) >= 11 is 7.23. The summed E-state index contributed by atoms with van der Waals surface area (Å²) in [4.78, 5) is 0. The summed E-state index contributed by atoms with van der Waals surface area (Å²) in [6.07, 6.45) is 0. The Morgan fingerprint density at radius 1 is 0.476 bits per heavy atom. The first-order valence-corrected chi connectivity index (χ1v) is 9.27. The number of hydrogen-bond acceptors (Lipinski definition) is 0. The van der Waals surface area contributed by atoms with E-state index < -0.39 is 6.62 Å². The normalized spacial score (nSPS) is 10.7. The third kappa shape index (κ3) is 3.37. The summed E-state index contributed by atoms with van der Waals surface area (Å²) in [5.41, 5.74) is 0. The molecule has 0 amide bonds. The maximum atomic E-state index is 7.23. The first kappa shape index (κ1) is 16.6. The minimum Gasteiger partial charge on any atom is -0.0620 e. The summed E-state index contributed by atoms with van der Waals surface area (Å²) in [6.45, 7) is -2.05. The van der Waals surface area contributed by atoms with E-state index in [1.165, 1.54) is 15.9 Å². The molecule has 3 aromatic carbocycles. The molecule has 0 saturated carbocycles. The van der Waals surface area contributed by atoms with Crippen LogP contribution in [0.5, 0.6) is 0 Å². The van der Waals surface area contributed by atoms with E-state index in [1.54, 1.807) is 0 Å². The molecule has 3 heteroatoms. The molecule has 0 spiro atoms. The van der Waals surface area contributed by atoms with Gasteiger partial charge in [-0.05, 0) is 36.4 Å². The van der Waals surface area contributed by atoms with E-state index >= 15 is 0 Å². The number of benzene rings is 3. The summed E-state index contributed by atoms with van der Waals surface area (Å²) in [5, 5.41) is 3.58. The molecule has 102 valence electrons. The standard InChI is InChI=1S/C18H15ClP.Zr/c19-20(16-10-4-1-5-11-16,17-12-6-2-7-13-17)18-14-8-3-9-15-18;/h1-15H;/q+1;. The second-order valence-corrected chi connectivity index (χ2v) is 8.84. The number of rotatable bonds is 3. The van der Waals surface area contributed by atoms with Gasteiger partial charge in [-0.2, -0.15) is 0 Å². The molecule has 0 bridgehead atoms. The fraction of sp³-hybridized carbons (Fsp3) is 0. The van der Waals surface area contributed by atoms with Gasteiger partial charge in [-0.1, -0.05) is 54.6 Å². The molecule has 0 radical (unpaired) electrons. The zero-order chi connectivity index (χ0) is 13.8. The smallest absolute Gasteiger partial charge is 0.0620 e. The van der Waals surface area contributed by atoms with Gasteiger partial charge >= 0.3 is 0 Å². The molecular formula is C18H15ClPZr+. The van der Waals surface area contributed by atoms with Crippen LogP contribution < -0.4 is 15.9 Å². The van der Waals surface area contributed by atoms with Gasteiger partial charge in [-0.3, -0.25) is 0 Å². The minimum atomic E-state index is -2.05. The Morgan fingerprint density at radius 2 is 0.714 bits per heavy atom. The predicted octanol–water partition coefficient (Wildman–Crippen LogP) is 4.13. The van der Waals surface area contributed by atoms with Crippen LogP contribution in [-0.2, 0) is 26.2 Å². The van der Waals surface area contributed by atoms with E-state index in [0.717, 1.165) is 0 Å². The van der Waals surface area contributed by atoms with Crippen molar-refractivity contribution in [3.63, 3.8) is 0 Å². The fourth-order valence-corrected chi connectivity index (χ4v) is 6.00. The van der Waals surface area contributed by atoms with Crippen molar-refractivity contribution in [1.29, 1.82) is 0 Å². The second kappa shape index (κ2) is 7.50. The third-order valence-corrected chi connectivity index (χ3v) is 8.12. The average molecular weight is 389 g/mol. The van der Waals surface area contributed by atoms with Crippen molar-refractivity contribution in [2.75, 3.05) is 0 Å². The van der Waals surface area contributed by atoms with Crippen LogP contribution in [0.15, 0.2) is 91.0 Å². The molecule has 0 unspecified atom stereocenters. The fourth-order valence-electron chi connectivity index (χ4n) is 2.35. The van der Waals surface area contributed by atoms with Gasteiger partial charge < -0.3 is 0 Å². The van der Waals surface area contributed by atoms with Crippen LogP contribution in [0.4, 0.5) is 0 Å². The summed E-state index contributed by atoms with van der Waals surface area (Å²) in [6, 6.07) is 31.2. The first-order chi connectivity index (χ1) is 9.82. The zero-order valence-corrected chi connectivity index (χ0v) is 15.6. The molecule has 0 nitrogen and oxygen atoms in total. The van der Waals surface area contributed by atoms with Crippen molar-refractivity contribution in [3.8, 4) is 0 Å². The van der Waals surface area contributed by atoms with Gasteiger partial charge in [0.2, 0.25) is 6.62 Å². The van der Waals surface area contributed by atoms with Crippen LogP contribution in [0.3, 0.4) is 0 Å². The van der Waals surface area contributed by atoms with E-state index in [2.05, 4.69) is 72.8 Å². The molecule has 0 aliphatic carbocycles. The number of hydrogen-bond donors (Lipinski definition) is 0. The second-order valence-electron chi connectivity index (χ2n) is 4.60. The molecule has 0 atom stereocenters. The topological polar surface area (TPSA) is 0 Å². The van der Waals surface area contributed by atoms with Gasteiger partial charge in [0.15, 0.2) is 0 Å². The van der Waals surface area contributed by atoms with Gasteiger partial charge in [-0.25, -0.2) is 0 Å². The van der Waals surface area contributed by atoms with Crippen molar-refractivity contribution in [2.45, 2.75) is 0 Å². The summed E-state index contributed by atoms with van der Waals surface area (Å²) < 4.78 is 0. The van der Waals surface area contributed by atoms with Gasteiger partial charge in [0.05, 0.1) is 0 Å². The van der Waals surface area contributed by atoms with Crippen molar-refractivity contribution in [2.24, 2.45) is 0 Å². The Morgan fingerprint density at radius 3 is 0.952 bits per heavy atom. The monoisotopic (exact) mass is 387 g/mol. The predicted molar refractivity (Wildman–Crippen MR) is 91.0 cm³/mol. The average Bonchev–Trinajstić information content (AvgIpc) is 2.56. The van der Waals surface area contributed by atoms with Gasteiger partial charge in [-0.15, -0.1) is 0 Å². The van der Waals surface area contributed by atoms with Gasteiger partial charge in [0.1, 0.15) is 27.2 Å². The Bertz CT molecular complexity index is 575. The van der Waals surface area contributed by atoms with Crippen LogP contribution in [0, 0.1) is 0 Å². The zero-order valence-electron chi connectivity index (χ0n) is 11.5. The molecule has 0 N–H and O–H groups in total. The molecule has 21 heavy (non-hydrogen) atoms. The summed E-state index contributed by atoms with van der Waals surface area (Å²) in [7, 11) is 0. The molecule has 3 rings (SSSR count). The number of halogens is 1. The Hall–Kier alpha value is -0.737. The van der Waals surface area contributed by atoms with Gasteiger partial charge in [0.25, 0.3) is 0 Å². The molecule has 0 saturated heterocycles. The van der Waals surface area contributed by atoms with Crippen molar-refractivity contribution < 1.29 is 26.2 Å². The largest absolute Gasteiger partial charge is 0.210 e. The Labute approximate surface area is 150 Å². The van der Waals surface area contributed by atoms with Crippen LogP contribution in [0.25, 0.3) is 0 Å². The third-order valence-electron chi connectivity index (χ3n) is 3.34.